The molecule has 1 atom stereocenters. The van der Waals surface area contributed by atoms with Crippen molar-refractivity contribution in [1.29, 1.82) is 0 Å². The average molecular weight is 356 g/mol. The fourth-order valence-corrected chi connectivity index (χ4v) is 2.18. The lowest BCUT2D eigenvalue weighted by Crippen LogP contribution is -2.48. The van der Waals surface area contributed by atoms with Crippen molar-refractivity contribution in [2.24, 2.45) is 0 Å². The fraction of sp³-hybridized carbons (Fsp3) is 0.300. The molecule has 0 aromatic heterocycles. The molecule has 0 radical (unpaired) electrons. The zero-order valence-corrected chi connectivity index (χ0v) is 15.2. The molecule has 2 aromatic rings. The molecule has 138 valence electrons. The van der Waals surface area contributed by atoms with Crippen molar-refractivity contribution >= 4 is 11.8 Å². The molecule has 0 aliphatic rings. The van der Waals surface area contributed by atoms with Gasteiger partial charge in [0.25, 0.3) is 11.8 Å². The van der Waals surface area contributed by atoms with E-state index in [-0.39, 0.29) is 6.61 Å². The van der Waals surface area contributed by atoms with Gasteiger partial charge in [-0.15, -0.1) is 0 Å². The first-order valence-corrected chi connectivity index (χ1v) is 8.51. The molecule has 0 spiro atoms. The maximum atomic E-state index is 12.0. The van der Waals surface area contributed by atoms with Crippen molar-refractivity contribution in [3.8, 4) is 11.5 Å². The van der Waals surface area contributed by atoms with Gasteiger partial charge in [-0.2, -0.15) is 0 Å². The minimum atomic E-state index is -0.750. The smallest absolute Gasteiger partial charge is 0.279 e. The van der Waals surface area contributed by atoms with E-state index in [9.17, 15) is 9.59 Å². The van der Waals surface area contributed by atoms with Gasteiger partial charge in [-0.25, -0.2) is 0 Å². The molecule has 2 amide bonds. The number of benzene rings is 2. The number of amides is 2. The molecule has 0 saturated carbocycles. The molecular weight excluding hydrogens is 332 g/mol. The summed E-state index contributed by atoms with van der Waals surface area (Å²) in [6.07, 6.45) is 0.188. The minimum Gasteiger partial charge on any atom is -0.484 e. The summed E-state index contributed by atoms with van der Waals surface area (Å²) in [4.78, 5) is 23.8. The van der Waals surface area contributed by atoms with Crippen LogP contribution in [0.5, 0.6) is 11.5 Å². The lowest BCUT2D eigenvalue weighted by atomic mass is 10.2. The van der Waals surface area contributed by atoms with E-state index >= 15 is 0 Å². The fourth-order valence-electron chi connectivity index (χ4n) is 2.18. The SMILES string of the molecule is CCc1ccc(O[C@@H](C)C(=O)NNC(=O)COc2cccc(C)c2)cc1. The van der Waals surface area contributed by atoms with Crippen molar-refractivity contribution in [3.63, 3.8) is 0 Å². The van der Waals surface area contributed by atoms with Gasteiger partial charge < -0.3 is 9.47 Å². The highest BCUT2D eigenvalue weighted by atomic mass is 16.5. The van der Waals surface area contributed by atoms with Gasteiger partial charge in [0.2, 0.25) is 0 Å². The van der Waals surface area contributed by atoms with Crippen molar-refractivity contribution in [3.05, 3.63) is 59.7 Å². The minimum absolute atomic E-state index is 0.197. The molecule has 6 nitrogen and oxygen atoms in total. The van der Waals surface area contributed by atoms with Crippen molar-refractivity contribution < 1.29 is 19.1 Å². The number of carbonyl (C=O) groups is 2. The summed E-state index contributed by atoms with van der Waals surface area (Å²) in [7, 11) is 0. The summed E-state index contributed by atoms with van der Waals surface area (Å²) in [6.45, 7) is 5.41. The number of rotatable bonds is 7. The first-order valence-electron chi connectivity index (χ1n) is 8.51. The first kappa shape index (κ1) is 19.3. The molecule has 0 saturated heterocycles. The normalized spacial score (nSPS) is 11.3. The van der Waals surface area contributed by atoms with E-state index in [0.717, 1.165) is 12.0 Å². The number of nitrogens with one attached hydrogen (secondary N) is 2. The predicted molar refractivity (Wildman–Crippen MR) is 98.9 cm³/mol. The second kappa shape index (κ2) is 9.46. The van der Waals surface area contributed by atoms with Gasteiger partial charge in [0, 0.05) is 0 Å². The predicted octanol–water partition coefficient (Wildman–Crippen LogP) is 2.55. The summed E-state index contributed by atoms with van der Waals surface area (Å²) < 4.78 is 10.9. The Kier molecular flexibility index (Phi) is 7.02. The number of carbonyl (C=O) groups excluding carboxylic acids is 2. The Hall–Kier alpha value is -3.02. The zero-order chi connectivity index (χ0) is 18.9. The highest BCUT2D eigenvalue weighted by Gasteiger charge is 2.15. The van der Waals surface area contributed by atoms with Crippen LogP contribution in [0.2, 0.25) is 0 Å². The number of hydrogen-bond donors (Lipinski definition) is 2. The van der Waals surface area contributed by atoms with E-state index in [4.69, 9.17) is 9.47 Å². The van der Waals surface area contributed by atoms with E-state index in [1.165, 1.54) is 5.56 Å². The molecule has 0 fully saturated rings. The van der Waals surface area contributed by atoms with E-state index in [1.54, 1.807) is 13.0 Å². The van der Waals surface area contributed by atoms with E-state index in [0.29, 0.717) is 11.5 Å². The van der Waals surface area contributed by atoms with Gasteiger partial charge in [0.15, 0.2) is 12.7 Å². The Bertz CT molecular complexity index is 744. The van der Waals surface area contributed by atoms with Crippen molar-refractivity contribution in [2.45, 2.75) is 33.3 Å². The molecule has 0 aliphatic heterocycles. The van der Waals surface area contributed by atoms with Crippen LogP contribution >= 0.6 is 0 Å². The quantitative estimate of drug-likeness (QED) is 0.748. The van der Waals surface area contributed by atoms with Crippen LogP contribution in [0.25, 0.3) is 0 Å². The second-order valence-electron chi connectivity index (χ2n) is 5.90. The lowest BCUT2D eigenvalue weighted by molar-refractivity contribution is -0.133. The van der Waals surface area contributed by atoms with Crippen molar-refractivity contribution in [2.75, 3.05) is 6.61 Å². The molecule has 2 rings (SSSR count). The highest BCUT2D eigenvalue weighted by Crippen LogP contribution is 2.14. The summed E-state index contributed by atoms with van der Waals surface area (Å²) in [5.41, 5.74) is 6.86. The molecule has 2 N–H and O–H groups in total. The molecule has 0 aliphatic carbocycles. The van der Waals surface area contributed by atoms with Gasteiger partial charge in [-0.05, 0) is 55.7 Å². The van der Waals surface area contributed by atoms with Gasteiger partial charge in [-0.1, -0.05) is 31.2 Å². The van der Waals surface area contributed by atoms with E-state index in [2.05, 4.69) is 17.8 Å². The molecule has 2 aromatic carbocycles. The van der Waals surface area contributed by atoms with Crippen LogP contribution in [0.15, 0.2) is 48.5 Å². The molecule has 26 heavy (non-hydrogen) atoms. The largest absolute Gasteiger partial charge is 0.484 e. The standard InChI is InChI=1S/C20H24N2O4/c1-4-16-8-10-17(11-9-16)26-15(3)20(24)22-21-19(23)13-25-18-7-5-6-14(2)12-18/h5-12,15H,4,13H2,1-3H3,(H,21,23)(H,22,24)/t15-/m0/s1. The number of hydrogen-bond acceptors (Lipinski definition) is 4. The monoisotopic (exact) mass is 356 g/mol. The Morgan fingerprint density at radius 2 is 1.77 bits per heavy atom. The second-order valence-corrected chi connectivity index (χ2v) is 5.90. The third kappa shape index (κ3) is 6.12. The van der Waals surface area contributed by atoms with Gasteiger partial charge in [0.1, 0.15) is 11.5 Å². The van der Waals surface area contributed by atoms with Crippen molar-refractivity contribution in [1.82, 2.24) is 10.9 Å². The number of hydrazine groups is 1. The van der Waals surface area contributed by atoms with E-state index < -0.39 is 17.9 Å². The summed E-state index contributed by atoms with van der Waals surface area (Å²) in [5, 5.41) is 0. The van der Waals surface area contributed by atoms with E-state index in [1.807, 2.05) is 49.4 Å². The third-order valence-corrected chi connectivity index (χ3v) is 3.70. The van der Waals surface area contributed by atoms with Crippen LogP contribution in [0.1, 0.15) is 25.0 Å². The summed E-state index contributed by atoms with van der Waals surface area (Å²) in [5.74, 6) is 0.283. The molecule has 6 heteroatoms. The highest BCUT2D eigenvalue weighted by molar-refractivity contribution is 5.85. The Balaban J connectivity index is 1.73. The molecular formula is C20H24N2O4. The van der Waals surface area contributed by atoms with Gasteiger partial charge in [0.05, 0.1) is 0 Å². The number of aryl methyl sites for hydroxylation is 2. The van der Waals surface area contributed by atoms with Crippen LogP contribution in [0.4, 0.5) is 0 Å². The summed E-state index contributed by atoms with van der Waals surface area (Å²) in [6, 6.07) is 14.9. The number of ether oxygens (including phenoxy) is 2. The van der Waals surface area contributed by atoms with Crippen LogP contribution < -0.4 is 20.3 Å². The third-order valence-electron chi connectivity index (χ3n) is 3.70. The molecule has 0 heterocycles. The Morgan fingerprint density at radius 1 is 1.04 bits per heavy atom. The maximum Gasteiger partial charge on any atom is 0.279 e. The Morgan fingerprint density at radius 3 is 2.42 bits per heavy atom. The Labute approximate surface area is 153 Å². The molecule has 0 bridgehead atoms. The average Bonchev–Trinajstić information content (AvgIpc) is 2.65. The topological polar surface area (TPSA) is 76.7 Å². The zero-order valence-electron chi connectivity index (χ0n) is 15.2. The van der Waals surface area contributed by atoms with Gasteiger partial charge >= 0.3 is 0 Å². The summed E-state index contributed by atoms with van der Waals surface area (Å²) >= 11 is 0. The van der Waals surface area contributed by atoms with Crippen LogP contribution in [-0.4, -0.2) is 24.5 Å². The maximum absolute atomic E-state index is 12.0. The molecule has 0 unspecified atom stereocenters. The first-order chi connectivity index (χ1) is 12.5. The van der Waals surface area contributed by atoms with Gasteiger partial charge in [-0.3, -0.25) is 20.4 Å². The van der Waals surface area contributed by atoms with Crippen LogP contribution in [0.3, 0.4) is 0 Å². The lowest BCUT2D eigenvalue weighted by Gasteiger charge is -2.15. The van der Waals surface area contributed by atoms with Crippen LogP contribution in [0, 0.1) is 6.92 Å². The van der Waals surface area contributed by atoms with Crippen LogP contribution in [-0.2, 0) is 16.0 Å².